The highest BCUT2D eigenvalue weighted by molar-refractivity contribution is 7.13. The number of amides is 1. The first-order valence-corrected chi connectivity index (χ1v) is 10.4. The van der Waals surface area contributed by atoms with E-state index >= 15 is 0 Å². The average molecular weight is 433 g/mol. The van der Waals surface area contributed by atoms with E-state index in [9.17, 15) is 9.59 Å². The lowest BCUT2D eigenvalue weighted by Crippen LogP contribution is -2.30. The Bertz CT molecular complexity index is 985. The number of esters is 1. The number of thiophene rings is 1. The highest BCUT2D eigenvalue weighted by atomic mass is 32.1. The van der Waals surface area contributed by atoms with Crippen molar-refractivity contribution in [2.45, 2.75) is 12.5 Å². The molecule has 152 valence electrons. The van der Waals surface area contributed by atoms with Crippen molar-refractivity contribution in [3.8, 4) is 22.1 Å². The van der Waals surface area contributed by atoms with Crippen LogP contribution < -0.4 is 14.8 Å². The Labute approximate surface area is 176 Å². The quantitative estimate of drug-likeness (QED) is 0.543. The number of rotatable bonds is 8. The van der Waals surface area contributed by atoms with Gasteiger partial charge in [0.2, 0.25) is 0 Å². The van der Waals surface area contributed by atoms with Gasteiger partial charge < -0.3 is 19.5 Å². The number of hydrogen-bond acceptors (Lipinski definition) is 8. The minimum absolute atomic E-state index is 0.0451. The van der Waals surface area contributed by atoms with Crippen molar-refractivity contribution in [2.24, 2.45) is 0 Å². The van der Waals surface area contributed by atoms with E-state index in [4.69, 9.17) is 14.2 Å². The lowest BCUT2D eigenvalue weighted by atomic mass is 10.1. The molecular weight excluding hydrogens is 412 g/mol. The first-order chi connectivity index (χ1) is 14.1. The number of nitrogens with one attached hydrogen (secondary N) is 1. The van der Waals surface area contributed by atoms with Crippen molar-refractivity contribution in [3.05, 3.63) is 51.7 Å². The van der Waals surface area contributed by atoms with Crippen molar-refractivity contribution in [2.75, 3.05) is 21.3 Å². The average Bonchev–Trinajstić information content (AvgIpc) is 3.44. The van der Waals surface area contributed by atoms with Gasteiger partial charge in [0.15, 0.2) is 11.5 Å². The van der Waals surface area contributed by atoms with Crippen LogP contribution in [0.25, 0.3) is 10.6 Å². The fraction of sp³-hybridized carbons (Fsp3) is 0.250. The van der Waals surface area contributed by atoms with Crippen LogP contribution in [-0.2, 0) is 9.53 Å². The lowest BCUT2D eigenvalue weighted by molar-refractivity contribution is -0.141. The van der Waals surface area contributed by atoms with E-state index in [-0.39, 0.29) is 18.0 Å². The zero-order valence-corrected chi connectivity index (χ0v) is 17.8. The van der Waals surface area contributed by atoms with E-state index < -0.39 is 12.0 Å². The van der Waals surface area contributed by atoms with Gasteiger partial charge in [-0.05, 0) is 23.6 Å². The fourth-order valence-electron chi connectivity index (χ4n) is 2.75. The third-order valence-corrected chi connectivity index (χ3v) is 6.02. The number of ether oxygens (including phenoxy) is 3. The van der Waals surface area contributed by atoms with Crippen molar-refractivity contribution in [1.82, 2.24) is 10.3 Å². The maximum absolute atomic E-state index is 12.8. The molecule has 1 N–H and O–H groups in total. The summed E-state index contributed by atoms with van der Waals surface area (Å²) in [6.07, 6.45) is 0.0451. The number of carbonyl (C=O) groups is 2. The van der Waals surface area contributed by atoms with E-state index in [1.165, 1.54) is 29.8 Å². The molecular formula is C20H20N2O5S2. The Morgan fingerprint density at radius 1 is 1.10 bits per heavy atom. The Kier molecular flexibility index (Phi) is 6.84. The number of methoxy groups -OCH3 is 3. The van der Waals surface area contributed by atoms with Gasteiger partial charge in [-0.15, -0.1) is 22.7 Å². The van der Waals surface area contributed by atoms with Gasteiger partial charge in [-0.1, -0.05) is 12.1 Å². The summed E-state index contributed by atoms with van der Waals surface area (Å²) < 4.78 is 15.5. The van der Waals surface area contributed by atoms with Crippen LogP contribution in [-0.4, -0.2) is 38.2 Å². The Hall–Kier alpha value is -2.91. The smallest absolute Gasteiger partial charge is 0.307 e. The molecule has 1 unspecified atom stereocenters. The van der Waals surface area contributed by atoms with E-state index in [0.29, 0.717) is 16.5 Å². The standard InChI is InChI=1S/C20H20N2O5S2/c1-25-15-7-4-6-12(18(15)27-3)20-22-14(11-29-20)19(24)21-13(10-17(23)26-2)16-8-5-9-28-16/h4-9,11,13H,10H2,1-3H3,(H,21,24). The van der Waals surface area contributed by atoms with Crippen molar-refractivity contribution >= 4 is 34.6 Å². The SMILES string of the molecule is COC(=O)CC(NC(=O)c1csc(-c2cccc(OC)c2OC)n1)c1cccs1. The molecule has 0 saturated carbocycles. The number of para-hydroxylation sites is 1. The minimum atomic E-state index is -0.480. The van der Waals surface area contributed by atoms with Crippen molar-refractivity contribution in [1.29, 1.82) is 0 Å². The monoisotopic (exact) mass is 432 g/mol. The maximum Gasteiger partial charge on any atom is 0.307 e. The lowest BCUT2D eigenvalue weighted by Gasteiger charge is -2.15. The van der Waals surface area contributed by atoms with Gasteiger partial charge in [0.1, 0.15) is 10.7 Å². The molecule has 0 saturated heterocycles. The molecule has 0 aliphatic carbocycles. The second kappa shape index (κ2) is 9.53. The Morgan fingerprint density at radius 3 is 2.59 bits per heavy atom. The van der Waals surface area contributed by atoms with Crippen LogP contribution in [0, 0.1) is 0 Å². The van der Waals surface area contributed by atoms with Crippen LogP contribution in [0.5, 0.6) is 11.5 Å². The molecule has 0 aliphatic rings. The molecule has 2 aromatic heterocycles. The van der Waals surface area contributed by atoms with Crippen molar-refractivity contribution in [3.63, 3.8) is 0 Å². The maximum atomic E-state index is 12.8. The normalized spacial score (nSPS) is 11.6. The van der Waals surface area contributed by atoms with Crippen LogP contribution in [0.2, 0.25) is 0 Å². The molecule has 29 heavy (non-hydrogen) atoms. The highest BCUT2D eigenvalue weighted by Gasteiger charge is 2.23. The highest BCUT2D eigenvalue weighted by Crippen LogP contribution is 2.39. The van der Waals surface area contributed by atoms with Gasteiger partial charge in [-0.2, -0.15) is 0 Å². The Morgan fingerprint density at radius 2 is 1.93 bits per heavy atom. The summed E-state index contributed by atoms with van der Waals surface area (Å²) in [4.78, 5) is 29.8. The first kappa shape index (κ1) is 20.8. The molecule has 1 amide bonds. The molecule has 0 radical (unpaired) electrons. The van der Waals surface area contributed by atoms with Gasteiger partial charge in [-0.25, -0.2) is 4.98 Å². The second-order valence-corrected chi connectivity index (χ2v) is 7.74. The summed E-state index contributed by atoms with van der Waals surface area (Å²) in [6, 6.07) is 8.74. The predicted octanol–water partition coefficient (Wildman–Crippen LogP) is 3.92. The minimum Gasteiger partial charge on any atom is -0.493 e. The molecule has 9 heteroatoms. The van der Waals surface area contributed by atoms with Crippen LogP contribution >= 0.6 is 22.7 Å². The molecule has 0 spiro atoms. The molecule has 2 heterocycles. The summed E-state index contributed by atoms with van der Waals surface area (Å²) in [5.41, 5.74) is 1.00. The number of aromatic nitrogens is 1. The molecule has 0 bridgehead atoms. The molecule has 0 fully saturated rings. The molecule has 7 nitrogen and oxygen atoms in total. The molecule has 1 aromatic carbocycles. The third kappa shape index (κ3) is 4.75. The van der Waals surface area contributed by atoms with Gasteiger partial charge >= 0.3 is 5.97 Å². The Balaban J connectivity index is 1.83. The first-order valence-electron chi connectivity index (χ1n) is 8.65. The largest absolute Gasteiger partial charge is 0.493 e. The fourth-order valence-corrected chi connectivity index (χ4v) is 4.35. The van der Waals surface area contributed by atoms with Crippen LogP contribution in [0.15, 0.2) is 41.1 Å². The van der Waals surface area contributed by atoms with Crippen LogP contribution in [0.1, 0.15) is 27.8 Å². The van der Waals surface area contributed by atoms with Crippen LogP contribution in [0.3, 0.4) is 0 Å². The zero-order chi connectivity index (χ0) is 20.8. The number of thiazole rings is 1. The second-order valence-electron chi connectivity index (χ2n) is 5.90. The summed E-state index contributed by atoms with van der Waals surface area (Å²) in [6.45, 7) is 0. The predicted molar refractivity (Wildman–Crippen MR) is 112 cm³/mol. The number of carbonyl (C=O) groups excluding carboxylic acids is 2. The molecule has 1 atom stereocenters. The van der Waals surface area contributed by atoms with Crippen LogP contribution in [0.4, 0.5) is 0 Å². The topological polar surface area (TPSA) is 86.8 Å². The number of benzene rings is 1. The van der Waals surface area contributed by atoms with Gasteiger partial charge in [0.05, 0.1) is 39.4 Å². The van der Waals surface area contributed by atoms with E-state index in [1.54, 1.807) is 25.7 Å². The summed E-state index contributed by atoms with van der Waals surface area (Å²) in [5, 5.41) is 7.07. The summed E-state index contributed by atoms with van der Waals surface area (Å²) in [7, 11) is 4.44. The zero-order valence-electron chi connectivity index (χ0n) is 16.1. The molecule has 3 aromatic rings. The van der Waals surface area contributed by atoms with Gasteiger partial charge in [-0.3, -0.25) is 9.59 Å². The molecule has 0 aliphatic heterocycles. The van der Waals surface area contributed by atoms with Crippen molar-refractivity contribution < 1.29 is 23.8 Å². The number of hydrogen-bond donors (Lipinski definition) is 1. The number of nitrogens with zero attached hydrogens (tertiary/aromatic N) is 1. The van der Waals surface area contributed by atoms with E-state index in [2.05, 4.69) is 10.3 Å². The van der Waals surface area contributed by atoms with Gasteiger partial charge in [0.25, 0.3) is 5.91 Å². The summed E-state index contributed by atoms with van der Waals surface area (Å²) in [5.74, 6) is 0.376. The summed E-state index contributed by atoms with van der Waals surface area (Å²) >= 11 is 2.79. The van der Waals surface area contributed by atoms with Gasteiger partial charge in [0, 0.05) is 10.3 Å². The molecule has 3 rings (SSSR count). The third-order valence-electron chi connectivity index (χ3n) is 4.16. The van der Waals surface area contributed by atoms with E-state index in [0.717, 1.165) is 10.4 Å². The van der Waals surface area contributed by atoms with E-state index in [1.807, 2.05) is 29.6 Å².